The van der Waals surface area contributed by atoms with Crippen molar-refractivity contribution >= 4 is 105 Å². The fourth-order valence-electron chi connectivity index (χ4n) is 7.59. The molecule has 1 aliphatic heterocycles. The lowest BCUT2D eigenvalue weighted by atomic mass is 9.85. The number of allylic oxidation sites excluding steroid dienone is 5. The van der Waals surface area contributed by atoms with Gasteiger partial charge in [-0.1, -0.05) is 12.1 Å². The molecule has 74 heavy (non-hydrogen) atoms. The number of hydrogen-bond donors (Lipinski definition) is 10. The fourth-order valence-corrected chi connectivity index (χ4v) is 9.50. The average molecular weight is 1080 g/mol. The SMILES string of the molecule is COc1cc(N=NC2=C3C(O)=CC(S(=O)(=O)O)=CC3CC(S(=O)(=O)O)=C2)c(Nc2nc(NCC(=O)O)nc(N3CCOCC3)n2)cc1/N=N/c1c(S(=O)(=O)O)cc2ccc(Nc3ccc(C(=O)O)cc3)cc2c1O. The summed E-state index contributed by atoms with van der Waals surface area (Å²) in [6.07, 6.45) is 1.94. The maximum absolute atomic E-state index is 12.8. The van der Waals surface area contributed by atoms with Crippen LogP contribution < -0.4 is 25.6 Å². The van der Waals surface area contributed by atoms with Gasteiger partial charge in [0, 0.05) is 53.5 Å². The number of aromatic carboxylic acids is 1. The maximum Gasteiger partial charge on any atom is 0.335 e. The first kappa shape index (κ1) is 51.9. The minimum absolute atomic E-state index is 0.0249. The molecule has 5 aromatic rings. The van der Waals surface area contributed by atoms with Crippen LogP contribution in [0.4, 0.5) is 52.0 Å². The Morgan fingerprint density at radius 3 is 2.12 bits per heavy atom. The number of carboxylic acid groups (broad SMARTS) is 2. The van der Waals surface area contributed by atoms with Crippen LogP contribution in [0.1, 0.15) is 16.8 Å². The molecule has 0 saturated carbocycles. The molecule has 1 fully saturated rings. The summed E-state index contributed by atoms with van der Waals surface area (Å²) in [5.41, 5.74) is -1.07. The second-order valence-corrected chi connectivity index (χ2v) is 20.2. The number of aliphatic hydroxyl groups is 1. The van der Waals surface area contributed by atoms with Crippen molar-refractivity contribution in [1.29, 1.82) is 0 Å². The van der Waals surface area contributed by atoms with Crippen LogP contribution in [0, 0.1) is 5.92 Å². The van der Waals surface area contributed by atoms with Crippen molar-refractivity contribution in [3.05, 3.63) is 111 Å². The molecule has 0 bridgehead atoms. The van der Waals surface area contributed by atoms with Crippen molar-refractivity contribution in [2.24, 2.45) is 26.4 Å². The third-order valence-electron chi connectivity index (χ3n) is 11.0. The van der Waals surface area contributed by atoms with Crippen LogP contribution in [0.2, 0.25) is 0 Å². The van der Waals surface area contributed by atoms with E-state index >= 15 is 0 Å². The van der Waals surface area contributed by atoms with Crippen LogP contribution in [-0.4, -0.2) is 126 Å². The number of morpholine rings is 1. The molecule has 28 nitrogen and oxygen atoms in total. The highest BCUT2D eigenvalue weighted by atomic mass is 32.2. The number of aliphatic carboxylic acids is 1. The van der Waals surface area contributed by atoms with Gasteiger partial charge in [-0.15, -0.1) is 15.3 Å². The number of carbonyl (C=O) groups is 2. The van der Waals surface area contributed by atoms with E-state index in [-0.39, 0.29) is 62.6 Å². The zero-order valence-electron chi connectivity index (χ0n) is 37.8. The number of fused-ring (bicyclic) bond motifs is 2. The quantitative estimate of drug-likeness (QED) is 0.0362. The third kappa shape index (κ3) is 11.7. The molecule has 1 aromatic heterocycles. The molecule has 0 radical (unpaired) electrons. The average Bonchev–Trinajstić information content (AvgIpc) is 3.34. The number of hydrogen-bond acceptors (Lipinski definition) is 23. The molecule has 3 aliphatic rings. The van der Waals surface area contributed by atoms with E-state index in [9.17, 15) is 68.9 Å². The van der Waals surface area contributed by atoms with Crippen LogP contribution in [-0.2, 0) is 39.9 Å². The second kappa shape index (κ2) is 20.6. The first-order valence-corrected chi connectivity index (χ1v) is 25.5. The Hall–Kier alpha value is -8.46. The minimum Gasteiger partial charge on any atom is -0.508 e. The molecule has 2 aliphatic carbocycles. The number of anilines is 6. The highest BCUT2D eigenvalue weighted by Crippen LogP contribution is 2.46. The van der Waals surface area contributed by atoms with Crippen molar-refractivity contribution in [2.75, 3.05) is 60.8 Å². The molecule has 4 aromatic carbocycles. The number of azo groups is 2. The number of aliphatic hydroxyl groups excluding tert-OH is 1. The first-order valence-electron chi connectivity index (χ1n) is 21.2. The van der Waals surface area contributed by atoms with E-state index in [4.69, 9.17) is 9.47 Å². The first-order chi connectivity index (χ1) is 34.9. The number of aromatic hydroxyl groups is 1. The highest BCUT2D eigenvalue weighted by molar-refractivity contribution is 7.90. The van der Waals surface area contributed by atoms with Crippen molar-refractivity contribution in [3.63, 3.8) is 0 Å². The van der Waals surface area contributed by atoms with Gasteiger partial charge in [-0.25, -0.2) is 4.79 Å². The number of nitrogens with one attached hydrogen (secondary N) is 3. The Bertz CT molecular complexity index is 3690. The number of methoxy groups -OCH3 is 1. The van der Waals surface area contributed by atoms with E-state index in [0.29, 0.717) is 43.8 Å². The van der Waals surface area contributed by atoms with Gasteiger partial charge in [-0.2, -0.15) is 45.3 Å². The van der Waals surface area contributed by atoms with E-state index < -0.39 is 98.8 Å². The maximum atomic E-state index is 12.8. The Balaban J connectivity index is 1.27. The lowest BCUT2D eigenvalue weighted by Crippen LogP contribution is -2.37. The van der Waals surface area contributed by atoms with Gasteiger partial charge >= 0.3 is 11.9 Å². The zero-order chi connectivity index (χ0) is 53.3. The molecule has 8 rings (SSSR count). The highest BCUT2D eigenvalue weighted by Gasteiger charge is 2.35. The molecule has 0 spiro atoms. The molecule has 10 N–H and O–H groups in total. The van der Waals surface area contributed by atoms with Crippen molar-refractivity contribution in [2.45, 2.75) is 11.3 Å². The van der Waals surface area contributed by atoms with E-state index in [0.717, 1.165) is 18.2 Å². The normalized spacial score (nSPS) is 16.4. The predicted octanol–water partition coefficient (Wildman–Crippen LogP) is 6.28. The van der Waals surface area contributed by atoms with Gasteiger partial charge in [-0.05, 0) is 66.4 Å². The Kier molecular flexibility index (Phi) is 14.4. The standard InChI is InChI=1S/C43H39N11O17S3/c1-70-34-19-30(50-52-32-16-26(72(61,62)63)12-23-13-27(73(64,65)66)17-33(55)37(23)32)29(46-42-47-41(44-20-36(56)57)48-43(49-42)54-8-10-71-11-9-54)18-31(34)51-53-38-35(74(67,68)69)14-22-4-7-25(15-28(22)39(38)58)45-24-5-2-21(3-6-24)40(59)60/h2-7,13-19,23,45,55,58H,8-12,20H2,1H3,(H,56,57)(H,59,60)(H,61,62,63)(H,64,65,66)(H,67,68,69)(H2,44,46,47,48,49)/b52-50?,53-51+. The number of rotatable bonds is 17. The lowest BCUT2D eigenvalue weighted by molar-refractivity contribution is -0.134. The number of aromatic nitrogens is 3. The van der Waals surface area contributed by atoms with Gasteiger partial charge in [0.15, 0.2) is 5.75 Å². The van der Waals surface area contributed by atoms with Crippen molar-refractivity contribution < 1.29 is 78.4 Å². The van der Waals surface area contributed by atoms with E-state index in [2.05, 4.69) is 51.4 Å². The molecule has 0 amide bonds. The number of phenols is 1. The topological polar surface area (TPSA) is 424 Å². The monoisotopic (exact) mass is 1080 g/mol. The molecule has 386 valence electrons. The van der Waals surface area contributed by atoms with Crippen LogP contribution in [0.25, 0.3) is 10.8 Å². The summed E-state index contributed by atoms with van der Waals surface area (Å²) in [4.78, 5) is 35.4. The summed E-state index contributed by atoms with van der Waals surface area (Å²) in [5, 5.41) is 66.7. The van der Waals surface area contributed by atoms with Crippen LogP contribution in [0.5, 0.6) is 11.5 Å². The fraction of sp³-hybridized carbons (Fsp3) is 0.186. The second-order valence-electron chi connectivity index (χ2n) is 16.0. The molecular formula is C43H39N11O17S3. The molecule has 31 heteroatoms. The van der Waals surface area contributed by atoms with Crippen molar-refractivity contribution in [1.82, 2.24) is 15.0 Å². The summed E-state index contributed by atoms with van der Waals surface area (Å²) in [6.45, 7) is 0.611. The van der Waals surface area contributed by atoms with Crippen molar-refractivity contribution in [3.8, 4) is 11.5 Å². The van der Waals surface area contributed by atoms with E-state index in [1.54, 1.807) is 4.90 Å². The number of phenolic OH excluding ortho intramolecular Hbond substituents is 1. The molecule has 1 unspecified atom stereocenters. The van der Waals surface area contributed by atoms with Gasteiger partial charge in [-0.3, -0.25) is 18.5 Å². The van der Waals surface area contributed by atoms with Gasteiger partial charge in [0.05, 0.1) is 47.1 Å². The molecule has 1 atom stereocenters. The predicted molar refractivity (Wildman–Crippen MR) is 261 cm³/mol. The molecular weight excluding hydrogens is 1040 g/mol. The summed E-state index contributed by atoms with van der Waals surface area (Å²) in [5.74, 6) is -5.79. The van der Waals surface area contributed by atoms with E-state index in [1.165, 1.54) is 61.7 Å². The Morgan fingerprint density at radius 1 is 0.784 bits per heavy atom. The van der Waals surface area contributed by atoms with Crippen LogP contribution >= 0.6 is 0 Å². The lowest BCUT2D eigenvalue weighted by Gasteiger charge is -2.27. The number of carboxylic acids is 2. The Labute approximate surface area is 418 Å². The summed E-state index contributed by atoms with van der Waals surface area (Å²) in [7, 11) is -13.8. The van der Waals surface area contributed by atoms with E-state index in [1.807, 2.05) is 0 Å². The van der Waals surface area contributed by atoms with Gasteiger partial charge in [0.1, 0.15) is 40.0 Å². The summed E-state index contributed by atoms with van der Waals surface area (Å²) >= 11 is 0. The Morgan fingerprint density at radius 2 is 1.47 bits per heavy atom. The van der Waals surface area contributed by atoms with Crippen LogP contribution in [0.15, 0.2) is 131 Å². The molecule has 2 heterocycles. The van der Waals surface area contributed by atoms with Crippen LogP contribution in [0.3, 0.4) is 0 Å². The number of ether oxygens (including phenoxy) is 2. The zero-order valence-corrected chi connectivity index (χ0v) is 40.3. The third-order valence-corrected chi connectivity index (χ3v) is 13.7. The molecule has 1 saturated heterocycles. The largest absolute Gasteiger partial charge is 0.508 e. The smallest absolute Gasteiger partial charge is 0.335 e. The summed E-state index contributed by atoms with van der Waals surface area (Å²) in [6, 6.07) is 13.5. The van der Waals surface area contributed by atoms with Gasteiger partial charge < -0.3 is 50.8 Å². The summed E-state index contributed by atoms with van der Waals surface area (Å²) < 4.78 is 116. The minimum atomic E-state index is -5.13. The van der Waals surface area contributed by atoms with Gasteiger partial charge in [0.2, 0.25) is 17.8 Å². The number of benzene rings is 4. The van der Waals surface area contributed by atoms with Gasteiger partial charge in [0.25, 0.3) is 30.4 Å². The number of nitrogens with zero attached hydrogens (tertiary/aromatic N) is 8.